The van der Waals surface area contributed by atoms with Gasteiger partial charge in [-0.25, -0.2) is 0 Å². The molecule has 0 bridgehead atoms. The van der Waals surface area contributed by atoms with Crippen molar-refractivity contribution in [1.29, 1.82) is 0 Å². The lowest BCUT2D eigenvalue weighted by molar-refractivity contribution is 0.253. The van der Waals surface area contributed by atoms with E-state index in [1.165, 1.54) is 5.56 Å². The van der Waals surface area contributed by atoms with Crippen LogP contribution in [0.3, 0.4) is 0 Å². The first-order valence-corrected chi connectivity index (χ1v) is 9.27. The summed E-state index contributed by atoms with van der Waals surface area (Å²) >= 11 is 12.2. The topological polar surface area (TPSA) is 20.3 Å². The highest BCUT2D eigenvalue weighted by Crippen LogP contribution is 2.26. The number of halogens is 2. The van der Waals surface area contributed by atoms with Crippen LogP contribution < -0.4 is 0 Å². The van der Waals surface area contributed by atoms with Crippen LogP contribution in [0.1, 0.15) is 24.1 Å². The van der Waals surface area contributed by atoms with Crippen LogP contribution >= 0.6 is 23.2 Å². The van der Waals surface area contributed by atoms with Crippen molar-refractivity contribution in [1.82, 2.24) is 4.90 Å². The molecule has 2 aromatic carbocycles. The maximum atomic E-state index is 11.4. The summed E-state index contributed by atoms with van der Waals surface area (Å²) in [5, 5.41) is 1.33. The molecule has 0 N–H and O–H groups in total. The Hall–Kier alpha value is -0.870. The van der Waals surface area contributed by atoms with Crippen LogP contribution in [0.15, 0.2) is 47.4 Å². The van der Waals surface area contributed by atoms with Gasteiger partial charge in [0.1, 0.15) is 0 Å². The number of rotatable bonds is 5. The maximum absolute atomic E-state index is 11.4. The fourth-order valence-corrected chi connectivity index (χ4v) is 3.24. The molecule has 0 aliphatic heterocycles. The predicted molar refractivity (Wildman–Crippen MR) is 95.1 cm³/mol. The molecular weight excluding hydrogens is 337 g/mol. The van der Waals surface area contributed by atoms with Crippen molar-refractivity contribution in [2.45, 2.75) is 24.4 Å². The number of nitrogens with zero attached hydrogens (tertiary/aromatic N) is 1. The minimum Gasteiger partial charge on any atom is -0.295 e. The average Bonchev–Trinajstić information content (AvgIpc) is 2.49. The normalized spacial score (nSPS) is 14.1. The highest BCUT2D eigenvalue weighted by molar-refractivity contribution is 7.84. The van der Waals surface area contributed by atoms with Gasteiger partial charge in [-0.3, -0.25) is 9.11 Å². The van der Waals surface area contributed by atoms with Gasteiger partial charge in [-0.2, -0.15) is 0 Å². The molecule has 0 aromatic heterocycles. The molecule has 0 radical (unpaired) electrons. The third-order valence-electron chi connectivity index (χ3n) is 3.79. The van der Waals surface area contributed by atoms with Crippen molar-refractivity contribution < 1.29 is 4.21 Å². The Balaban J connectivity index is 2.11. The molecule has 0 saturated heterocycles. The molecule has 0 saturated carbocycles. The van der Waals surface area contributed by atoms with Crippen molar-refractivity contribution in [3.05, 3.63) is 63.6 Å². The molecule has 0 unspecified atom stereocenters. The fraction of sp³-hybridized carbons (Fsp3) is 0.294. The van der Waals surface area contributed by atoms with E-state index in [4.69, 9.17) is 23.2 Å². The van der Waals surface area contributed by atoms with Crippen molar-refractivity contribution in [3.8, 4) is 0 Å². The maximum Gasteiger partial charge on any atom is 0.0498 e. The molecule has 0 spiro atoms. The molecule has 0 fully saturated rings. The third kappa shape index (κ3) is 4.32. The van der Waals surface area contributed by atoms with E-state index >= 15 is 0 Å². The quantitative estimate of drug-likeness (QED) is 0.758. The summed E-state index contributed by atoms with van der Waals surface area (Å²) in [5.41, 5.74) is 2.23. The minimum atomic E-state index is -0.942. The van der Waals surface area contributed by atoms with Gasteiger partial charge in [-0.05, 0) is 49.4 Å². The van der Waals surface area contributed by atoms with Gasteiger partial charge in [0, 0.05) is 44.6 Å². The Morgan fingerprint density at radius 1 is 1.14 bits per heavy atom. The molecule has 0 aliphatic rings. The van der Waals surface area contributed by atoms with Crippen molar-refractivity contribution >= 4 is 34.0 Å². The van der Waals surface area contributed by atoms with Crippen LogP contribution in [-0.4, -0.2) is 22.4 Å². The van der Waals surface area contributed by atoms with E-state index in [9.17, 15) is 4.21 Å². The first-order chi connectivity index (χ1) is 10.4. The van der Waals surface area contributed by atoms with E-state index in [-0.39, 0.29) is 6.04 Å². The minimum absolute atomic E-state index is 0.228. The lowest BCUT2D eigenvalue weighted by atomic mass is 10.1. The van der Waals surface area contributed by atoms with E-state index < -0.39 is 10.8 Å². The van der Waals surface area contributed by atoms with Crippen LogP contribution in [0.4, 0.5) is 0 Å². The largest absolute Gasteiger partial charge is 0.295 e. The Bertz CT molecular complexity index is 673. The lowest BCUT2D eigenvalue weighted by Crippen LogP contribution is -2.22. The molecule has 22 heavy (non-hydrogen) atoms. The fourth-order valence-electron chi connectivity index (χ4n) is 2.25. The number of hydrogen-bond donors (Lipinski definition) is 0. The summed E-state index contributed by atoms with van der Waals surface area (Å²) in [5.74, 6) is 0. The highest BCUT2D eigenvalue weighted by atomic mass is 35.5. The summed E-state index contributed by atoms with van der Waals surface area (Å²) in [6.07, 6.45) is 1.69. The first-order valence-electron chi connectivity index (χ1n) is 6.96. The SMILES string of the molecule is C[C@@H](c1ccc([S@@](C)=O)cc1)N(C)Cc1ccc(Cl)cc1Cl. The van der Waals surface area contributed by atoms with Crippen molar-refractivity contribution in [2.75, 3.05) is 13.3 Å². The molecule has 2 aromatic rings. The summed E-state index contributed by atoms with van der Waals surface area (Å²) in [4.78, 5) is 3.06. The number of hydrogen-bond acceptors (Lipinski definition) is 2. The molecule has 2 atom stereocenters. The van der Waals surface area contributed by atoms with Crippen LogP contribution in [0.25, 0.3) is 0 Å². The first kappa shape index (κ1) is 17.5. The zero-order valence-electron chi connectivity index (χ0n) is 12.8. The number of benzene rings is 2. The highest BCUT2D eigenvalue weighted by Gasteiger charge is 2.14. The van der Waals surface area contributed by atoms with E-state index in [1.807, 2.05) is 36.4 Å². The van der Waals surface area contributed by atoms with Crippen LogP contribution in [-0.2, 0) is 17.3 Å². The molecule has 5 heteroatoms. The summed E-state index contributed by atoms with van der Waals surface area (Å²) in [6, 6.07) is 13.7. The zero-order chi connectivity index (χ0) is 16.3. The summed E-state index contributed by atoms with van der Waals surface area (Å²) in [7, 11) is 1.12. The van der Waals surface area contributed by atoms with Gasteiger partial charge in [0.2, 0.25) is 0 Å². The standard InChI is InChI=1S/C17H19Cl2NOS/c1-12(13-5-8-16(9-6-13)22(3)21)20(2)11-14-4-7-15(18)10-17(14)19/h4-10,12H,11H2,1-3H3/t12-,22+/m0/s1. The van der Waals surface area contributed by atoms with E-state index in [0.717, 1.165) is 17.0 Å². The Morgan fingerprint density at radius 2 is 1.77 bits per heavy atom. The molecule has 0 heterocycles. The third-order valence-corrected chi connectivity index (χ3v) is 5.31. The van der Waals surface area contributed by atoms with E-state index in [0.29, 0.717) is 10.0 Å². The van der Waals surface area contributed by atoms with Gasteiger partial charge < -0.3 is 0 Å². The van der Waals surface area contributed by atoms with E-state index in [1.54, 1.807) is 12.3 Å². The van der Waals surface area contributed by atoms with Crippen molar-refractivity contribution in [3.63, 3.8) is 0 Å². The van der Waals surface area contributed by atoms with E-state index in [2.05, 4.69) is 18.9 Å². The Labute approximate surface area is 144 Å². The second kappa shape index (κ2) is 7.60. The molecular formula is C17H19Cl2NOS. The summed E-state index contributed by atoms with van der Waals surface area (Å²) in [6.45, 7) is 2.88. The smallest absolute Gasteiger partial charge is 0.0498 e. The van der Waals surface area contributed by atoms with Gasteiger partial charge in [0.05, 0.1) is 0 Å². The van der Waals surface area contributed by atoms with Crippen LogP contribution in [0.2, 0.25) is 10.0 Å². The van der Waals surface area contributed by atoms with Crippen LogP contribution in [0, 0.1) is 0 Å². The lowest BCUT2D eigenvalue weighted by Gasteiger charge is -2.25. The summed E-state index contributed by atoms with van der Waals surface area (Å²) < 4.78 is 11.4. The Kier molecular flexibility index (Phi) is 6.04. The van der Waals surface area contributed by atoms with Gasteiger partial charge in [0.15, 0.2) is 0 Å². The monoisotopic (exact) mass is 355 g/mol. The molecule has 0 amide bonds. The van der Waals surface area contributed by atoms with Gasteiger partial charge in [0.25, 0.3) is 0 Å². The average molecular weight is 356 g/mol. The molecule has 2 rings (SSSR count). The predicted octanol–water partition coefficient (Wildman–Crippen LogP) is 4.92. The van der Waals surface area contributed by atoms with Gasteiger partial charge in [-0.15, -0.1) is 0 Å². The molecule has 0 aliphatic carbocycles. The second-order valence-electron chi connectivity index (χ2n) is 5.35. The molecule has 2 nitrogen and oxygen atoms in total. The Morgan fingerprint density at radius 3 is 2.32 bits per heavy atom. The second-order valence-corrected chi connectivity index (χ2v) is 7.57. The molecule has 118 valence electrons. The zero-order valence-corrected chi connectivity index (χ0v) is 15.2. The van der Waals surface area contributed by atoms with Crippen LogP contribution in [0.5, 0.6) is 0 Å². The van der Waals surface area contributed by atoms with Gasteiger partial charge >= 0.3 is 0 Å². The van der Waals surface area contributed by atoms with Crippen molar-refractivity contribution in [2.24, 2.45) is 0 Å². The van der Waals surface area contributed by atoms with Gasteiger partial charge in [-0.1, -0.05) is 41.4 Å².